The Morgan fingerprint density at radius 1 is 1.06 bits per heavy atom. The maximum absolute atomic E-state index is 12.1. The number of hydrazone groups is 1. The molecule has 1 aromatic heterocycles. The maximum atomic E-state index is 12.1. The second-order valence-corrected chi connectivity index (χ2v) is 6.23. The summed E-state index contributed by atoms with van der Waals surface area (Å²) in [4.78, 5) is 34.5. The molecule has 2 aromatic carbocycles. The fraction of sp³-hybridized carbons (Fsp3) is 0.0952. The number of anilines is 1. The van der Waals surface area contributed by atoms with Crippen LogP contribution in [0.5, 0.6) is 11.5 Å². The zero-order valence-electron chi connectivity index (χ0n) is 17.0. The number of methoxy groups -OCH3 is 2. The van der Waals surface area contributed by atoms with Gasteiger partial charge in [0.1, 0.15) is 23.0 Å². The van der Waals surface area contributed by atoms with E-state index in [0.717, 1.165) is 0 Å². The van der Waals surface area contributed by atoms with Crippen molar-refractivity contribution >= 4 is 29.4 Å². The second kappa shape index (κ2) is 9.89. The standard InChI is InChI=1S/C21H18N4O7/c1-30-15-6-9-19(31-2)17(11-15)23-20(26)21(27)24-22-12-16-7-8-18(32-16)13-4-3-5-14(10-13)25(28)29/h3-12H,1-2H3,(H,23,26)(H,24,27)/b22-12+. The first-order valence-electron chi connectivity index (χ1n) is 9.12. The van der Waals surface area contributed by atoms with Crippen molar-refractivity contribution in [3.05, 3.63) is 70.5 Å². The first kappa shape index (κ1) is 22.0. The van der Waals surface area contributed by atoms with Gasteiger partial charge in [-0.1, -0.05) is 12.1 Å². The zero-order chi connectivity index (χ0) is 23.1. The minimum absolute atomic E-state index is 0.0694. The normalized spacial score (nSPS) is 10.6. The third kappa shape index (κ3) is 5.27. The van der Waals surface area contributed by atoms with Crippen LogP contribution in [-0.2, 0) is 9.59 Å². The highest BCUT2D eigenvalue weighted by Gasteiger charge is 2.16. The summed E-state index contributed by atoms with van der Waals surface area (Å²) in [5.41, 5.74) is 2.78. The SMILES string of the molecule is COc1ccc(OC)c(NC(=O)C(=O)N/N=C/c2ccc(-c3cccc([N+](=O)[O-])c3)o2)c1. The third-order valence-electron chi connectivity index (χ3n) is 4.19. The number of carbonyl (C=O) groups is 2. The molecule has 0 saturated carbocycles. The Bertz CT molecular complexity index is 1190. The number of non-ortho nitro benzene ring substituents is 1. The fourth-order valence-corrected chi connectivity index (χ4v) is 2.65. The van der Waals surface area contributed by atoms with Gasteiger partial charge in [0.05, 0.1) is 31.0 Å². The Kier molecular flexibility index (Phi) is 6.81. The number of benzene rings is 2. The Hall–Kier alpha value is -4.67. The number of nitro groups is 1. The Morgan fingerprint density at radius 2 is 1.88 bits per heavy atom. The van der Waals surface area contributed by atoms with Crippen molar-refractivity contribution in [2.75, 3.05) is 19.5 Å². The Balaban J connectivity index is 1.62. The van der Waals surface area contributed by atoms with Gasteiger partial charge in [-0.15, -0.1) is 0 Å². The molecule has 0 aliphatic heterocycles. The molecule has 3 aromatic rings. The Labute approximate surface area is 181 Å². The number of nitro benzene ring substituents is 1. The van der Waals surface area contributed by atoms with E-state index < -0.39 is 16.7 Å². The largest absolute Gasteiger partial charge is 0.497 e. The molecule has 0 atom stereocenters. The van der Waals surface area contributed by atoms with Gasteiger partial charge in [-0.2, -0.15) is 5.10 Å². The van der Waals surface area contributed by atoms with Gasteiger partial charge >= 0.3 is 11.8 Å². The van der Waals surface area contributed by atoms with Crippen LogP contribution in [0, 0.1) is 10.1 Å². The van der Waals surface area contributed by atoms with Crippen molar-refractivity contribution < 1.29 is 28.4 Å². The molecule has 1 heterocycles. The summed E-state index contributed by atoms with van der Waals surface area (Å²) < 4.78 is 15.8. The molecule has 11 nitrogen and oxygen atoms in total. The van der Waals surface area contributed by atoms with Crippen molar-refractivity contribution in [3.63, 3.8) is 0 Å². The number of rotatable bonds is 7. The van der Waals surface area contributed by atoms with E-state index in [2.05, 4.69) is 15.8 Å². The van der Waals surface area contributed by atoms with Crippen LogP contribution in [0.1, 0.15) is 5.76 Å². The highest BCUT2D eigenvalue weighted by atomic mass is 16.6. The topological polar surface area (TPSA) is 145 Å². The molecule has 0 aliphatic carbocycles. The smallest absolute Gasteiger partial charge is 0.329 e. The molecule has 0 bridgehead atoms. The number of carbonyl (C=O) groups excluding carboxylic acids is 2. The third-order valence-corrected chi connectivity index (χ3v) is 4.19. The Morgan fingerprint density at radius 3 is 2.59 bits per heavy atom. The van der Waals surface area contributed by atoms with E-state index in [1.807, 2.05) is 0 Å². The number of ether oxygens (including phenoxy) is 2. The number of amides is 2. The van der Waals surface area contributed by atoms with Crippen LogP contribution >= 0.6 is 0 Å². The highest BCUT2D eigenvalue weighted by molar-refractivity contribution is 6.39. The van der Waals surface area contributed by atoms with Gasteiger partial charge in [0.15, 0.2) is 0 Å². The number of nitrogens with zero attached hydrogens (tertiary/aromatic N) is 2. The molecule has 3 rings (SSSR count). The first-order chi connectivity index (χ1) is 15.4. The van der Waals surface area contributed by atoms with Gasteiger partial charge in [-0.3, -0.25) is 19.7 Å². The van der Waals surface area contributed by atoms with Crippen LogP contribution in [0.4, 0.5) is 11.4 Å². The summed E-state index contributed by atoms with van der Waals surface area (Å²) in [6.07, 6.45) is 1.19. The van der Waals surface area contributed by atoms with Gasteiger partial charge in [0.25, 0.3) is 5.69 Å². The van der Waals surface area contributed by atoms with Crippen molar-refractivity contribution in [2.45, 2.75) is 0 Å². The van der Waals surface area contributed by atoms with E-state index in [0.29, 0.717) is 22.8 Å². The van der Waals surface area contributed by atoms with Crippen LogP contribution in [0.3, 0.4) is 0 Å². The predicted molar refractivity (Wildman–Crippen MR) is 115 cm³/mol. The van der Waals surface area contributed by atoms with Gasteiger partial charge in [0, 0.05) is 23.8 Å². The molecule has 0 radical (unpaired) electrons. The lowest BCUT2D eigenvalue weighted by molar-refractivity contribution is -0.384. The summed E-state index contributed by atoms with van der Waals surface area (Å²) in [5, 5.41) is 17.0. The average molecular weight is 438 g/mol. The van der Waals surface area contributed by atoms with Gasteiger partial charge < -0.3 is 19.2 Å². The number of nitrogens with one attached hydrogen (secondary N) is 2. The molecule has 0 aliphatic rings. The lowest BCUT2D eigenvalue weighted by atomic mass is 10.1. The van der Waals surface area contributed by atoms with Gasteiger partial charge in [-0.25, -0.2) is 5.43 Å². The molecule has 32 heavy (non-hydrogen) atoms. The summed E-state index contributed by atoms with van der Waals surface area (Å²) in [6.45, 7) is 0. The molecule has 0 saturated heterocycles. The van der Waals surface area contributed by atoms with Crippen molar-refractivity contribution in [2.24, 2.45) is 5.10 Å². The van der Waals surface area contributed by atoms with E-state index in [1.165, 1.54) is 38.6 Å². The van der Waals surface area contributed by atoms with E-state index in [-0.39, 0.29) is 17.1 Å². The summed E-state index contributed by atoms with van der Waals surface area (Å²) in [5.74, 6) is -0.523. The molecule has 164 valence electrons. The van der Waals surface area contributed by atoms with Crippen molar-refractivity contribution in [1.82, 2.24) is 5.43 Å². The average Bonchev–Trinajstić information content (AvgIpc) is 3.28. The van der Waals surface area contributed by atoms with Crippen LogP contribution < -0.4 is 20.2 Å². The molecular formula is C21H18N4O7. The molecule has 0 spiro atoms. The summed E-state index contributed by atoms with van der Waals surface area (Å²) >= 11 is 0. The van der Waals surface area contributed by atoms with Gasteiger partial charge in [0.2, 0.25) is 0 Å². The zero-order valence-corrected chi connectivity index (χ0v) is 17.0. The summed E-state index contributed by atoms with van der Waals surface area (Å²) in [7, 11) is 2.89. The van der Waals surface area contributed by atoms with Crippen LogP contribution in [0.15, 0.2) is 64.1 Å². The van der Waals surface area contributed by atoms with Crippen molar-refractivity contribution in [1.29, 1.82) is 0 Å². The lowest BCUT2D eigenvalue weighted by Crippen LogP contribution is -2.32. The lowest BCUT2D eigenvalue weighted by Gasteiger charge is -2.10. The van der Waals surface area contributed by atoms with Crippen molar-refractivity contribution in [3.8, 4) is 22.8 Å². The number of hydrogen-bond acceptors (Lipinski definition) is 8. The maximum Gasteiger partial charge on any atom is 0.329 e. The number of hydrogen-bond donors (Lipinski definition) is 2. The minimum Gasteiger partial charge on any atom is -0.497 e. The van der Waals surface area contributed by atoms with Crippen LogP contribution in [-0.4, -0.2) is 37.2 Å². The predicted octanol–water partition coefficient (Wildman–Crippen LogP) is 2.96. The minimum atomic E-state index is -1.02. The van der Waals surface area contributed by atoms with E-state index in [4.69, 9.17) is 13.9 Å². The molecule has 0 unspecified atom stereocenters. The molecule has 0 fully saturated rings. The molecule has 2 amide bonds. The van der Waals surface area contributed by atoms with Crippen LogP contribution in [0.25, 0.3) is 11.3 Å². The van der Waals surface area contributed by atoms with Crippen LogP contribution in [0.2, 0.25) is 0 Å². The van der Waals surface area contributed by atoms with E-state index in [1.54, 1.807) is 36.4 Å². The highest BCUT2D eigenvalue weighted by Crippen LogP contribution is 2.29. The monoisotopic (exact) mass is 438 g/mol. The fourth-order valence-electron chi connectivity index (χ4n) is 2.65. The quantitative estimate of drug-likeness (QED) is 0.250. The van der Waals surface area contributed by atoms with Gasteiger partial charge in [-0.05, 0) is 24.3 Å². The molecule has 11 heteroatoms. The molecular weight excluding hydrogens is 420 g/mol. The number of furan rings is 1. The molecule has 2 N–H and O–H groups in total. The van der Waals surface area contributed by atoms with E-state index >= 15 is 0 Å². The van der Waals surface area contributed by atoms with E-state index in [9.17, 15) is 19.7 Å². The first-order valence-corrected chi connectivity index (χ1v) is 9.12. The summed E-state index contributed by atoms with van der Waals surface area (Å²) in [6, 6.07) is 13.8. The second-order valence-electron chi connectivity index (χ2n) is 6.23.